The summed E-state index contributed by atoms with van der Waals surface area (Å²) in [4.78, 5) is 29.0. The van der Waals surface area contributed by atoms with Crippen molar-refractivity contribution in [2.75, 3.05) is 26.4 Å². The minimum absolute atomic E-state index is 0.0144. The number of fused-ring (bicyclic) bond motifs is 1. The summed E-state index contributed by atoms with van der Waals surface area (Å²) in [6, 6.07) is 8.74. The van der Waals surface area contributed by atoms with Gasteiger partial charge in [-0.15, -0.1) is 0 Å². The van der Waals surface area contributed by atoms with Crippen molar-refractivity contribution in [3.05, 3.63) is 35.9 Å². The number of hydrogen-bond donors (Lipinski definition) is 0. The molecule has 0 spiro atoms. The second kappa shape index (κ2) is 7.32. The Morgan fingerprint density at radius 3 is 2.75 bits per heavy atom. The van der Waals surface area contributed by atoms with Crippen LogP contribution in [0.3, 0.4) is 0 Å². The van der Waals surface area contributed by atoms with E-state index in [-0.39, 0.29) is 30.4 Å². The molecule has 130 valence electrons. The number of carbonyl (C=O) groups is 2. The maximum Gasteiger partial charge on any atom is 0.329 e. The molecule has 0 radical (unpaired) electrons. The first-order valence-electron chi connectivity index (χ1n) is 8.40. The van der Waals surface area contributed by atoms with Gasteiger partial charge in [-0.3, -0.25) is 9.69 Å². The van der Waals surface area contributed by atoms with Gasteiger partial charge in [-0.2, -0.15) is 0 Å². The van der Waals surface area contributed by atoms with E-state index in [0.717, 1.165) is 12.1 Å². The van der Waals surface area contributed by atoms with Crippen LogP contribution in [0.5, 0.6) is 0 Å². The monoisotopic (exact) mass is 332 g/mol. The third-order valence-corrected chi connectivity index (χ3v) is 4.57. The van der Waals surface area contributed by atoms with E-state index < -0.39 is 6.04 Å². The van der Waals surface area contributed by atoms with Gasteiger partial charge in [-0.05, 0) is 11.5 Å². The minimum atomic E-state index is -0.563. The van der Waals surface area contributed by atoms with E-state index in [2.05, 4.69) is 4.90 Å². The lowest BCUT2D eigenvalue weighted by atomic mass is 10.0. The predicted molar refractivity (Wildman–Crippen MR) is 87.9 cm³/mol. The van der Waals surface area contributed by atoms with E-state index in [0.29, 0.717) is 19.9 Å². The standard InChI is InChI=1S/C18H24N2O4/c1-13(2)16(18(22)24-10-14-6-4-3-5-7-14)20-12-19-8-9-23-11-15(19)17(20)21/h3-7,13,15-16H,8-12H2,1-2H3/t15?,16-/m0/s1. The highest BCUT2D eigenvalue weighted by Crippen LogP contribution is 2.24. The number of esters is 1. The molecule has 2 aliphatic rings. The van der Waals surface area contributed by atoms with Gasteiger partial charge in [0.1, 0.15) is 18.7 Å². The van der Waals surface area contributed by atoms with Gasteiger partial charge in [-0.1, -0.05) is 44.2 Å². The average molecular weight is 332 g/mol. The average Bonchev–Trinajstić information content (AvgIpc) is 2.91. The van der Waals surface area contributed by atoms with Gasteiger partial charge in [0.05, 0.1) is 19.9 Å². The lowest BCUT2D eigenvalue weighted by Gasteiger charge is -2.29. The summed E-state index contributed by atoms with van der Waals surface area (Å²) in [5, 5.41) is 0. The van der Waals surface area contributed by atoms with Gasteiger partial charge in [0.2, 0.25) is 5.91 Å². The normalized spacial score (nSPS) is 22.5. The highest BCUT2D eigenvalue weighted by Gasteiger charge is 2.46. The quantitative estimate of drug-likeness (QED) is 0.760. The Bertz CT molecular complexity index is 590. The third kappa shape index (κ3) is 3.44. The number of benzene rings is 1. The molecule has 6 nitrogen and oxygen atoms in total. The van der Waals surface area contributed by atoms with Gasteiger partial charge in [0, 0.05) is 6.54 Å². The maximum atomic E-state index is 12.7. The fourth-order valence-electron chi connectivity index (χ4n) is 3.29. The molecule has 2 saturated heterocycles. The first-order chi connectivity index (χ1) is 11.6. The van der Waals surface area contributed by atoms with Crippen LogP contribution in [0, 0.1) is 5.92 Å². The molecule has 0 aliphatic carbocycles. The van der Waals surface area contributed by atoms with E-state index in [4.69, 9.17) is 9.47 Å². The van der Waals surface area contributed by atoms with Crippen molar-refractivity contribution in [3.8, 4) is 0 Å². The van der Waals surface area contributed by atoms with E-state index in [1.54, 1.807) is 4.90 Å². The summed E-state index contributed by atoms with van der Waals surface area (Å²) in [6.45, 7) is 6.32. The molecule has 1 aromatic carbocycles. The summed E-state index contributed by atoms with van der Waals surface area (Å²) in [6.07, 6.45) is 0. The number of ether oxygens (including phenoxy) is 2. The van der Waals surface area contributed by atoms with E-state index in [1.807, 2.05) is 44.2 Å². The minimum Gasteiger partial charge on any atom is -0.459 e. The number of morpholine rings is 1. The zero-order chi connectivity index (χ0) is 17.1. The van der Waals surface area contributed by atoms with Crippen LogP contribution in [0.2, 0.25) is 0 Å². The van der Waals surface area contributed by atoms with Crippen molar-refractivity contribution in [1.29, 1.82) is 0 Å². The summed E-state index contributed by atoms with van der Waals surface area (Å²) in [5.41, 5.74) is 0.937. The molecular weight excluding hydrogens is 308 g/mol. The van der Waals surface area contributed by atoms with Crippen LogP contribution < -0.4 is 0 Å². The van der Waals surface area contributed by atoms with Crippen molar-refractivity contribution >= 4 is 11.9 Å². The Hall–Kier alpha value is -1.92. The second-order valence-electron chi connectivity index (χ2n) is 6.63. The second-order valence-corrected chi connectivity index (χ2v) is 6.63. The Morgan fingerprint density at radius 2 is 2.08 bits per heavy atom. The van der Waals surface area contributed by atoms with Crippen molar-refractivity contribution in [2.24, 2.45) is 5.92 Å². The third-order valence-electron chi connectivity index (χ3n) is 4.57. The molecule has 0 saturated carbocycles. The smallest absolute Gasteiger partial charge is 0.329 e. The predicted octanol–water partition coefficient (Wildman–Crippen LogP) is 1.25. The molecule has 2 aliphatic heterocycles. The highest BCUT2D eigenvalue weighted by molar-refractivity contribution is 5.89. The summed E-state index contributed by atoms with van der Waals surface area (Å²) >= 11 is 0. The van der Waals surface area contributed by atoms with Crippen LogP contribution >= 0.6 is 0 Å². The Morgan fingerprint density at radius 1 is 1.33 bits per heavy atom. The summed E-state index contributed by atoms with van der Waals surface area (Å²) < 4.78 is 10.9. The zero-order valence-corrected chi connectivity index (χ0v) is 14.2. The molecule has 2 atom stereocenters. The SMILES string of the molecule is CC(C)[C@@H](C(=O)OCc1ccccc1)N1CN2CCOCC2C1=O. The van der Waals surface area contributed by atoms with Gasteiger partial charge >= 0.3 is 5.97 Å². The Labute approximate surface area is 142 Å². The van der Waals surface area contributed by atoms with Crippen molar-refractivity contribution in [1.82, 2.24) is 9.80 Å². The molecule has 2 heterocycles. The van der Waals surface area contributed by atoms with Gasteiger partial charge in [0.25, 0.3) is 0 Å². The molecule has 1 aromatic rings. The van der Waals surface area contributed by atoms with Crippen LogP contribution in [-0.4, -0.2) is 60.2 Å². The topological polar surface area (TPSA) is 59.1 Å². The zero-order valence-electron chi connectivity index (χ0n) is 14.2. The molecule has 0 bridgehead atoms. The first kappa shape index (κ1) is 16.9. The maximum absolute atomic E-state index is 12.7. The van der Waals surface area contributed by atoms with E-state index in [9.17, 15) is 9.59 Å². The fraction of sp³-hybridized carbons (Fsp3) is 0.556. The largest absolute Gasteiger partial charge is 0.459 e. The van der Waals surface area contributed by atoms with Crippen molar-refractivity contribution in [2.45, 2.75) is 32.5 Å². The molecule has 6 heteroatoms. The van der Waals surface area contributed by atoms with Crippen LogP contribution in [0.25, 0.3) is 0 Å². The summed E-state index contributed by atoms with van der Waals surface area (Å²) in [5.74, 6) is -0.396. The van der Waals surface area contributed by atoms with Crippen LogP contribution in [0.1, 0.15) is 19.4 Å². The Kier molecular flexibility index (Phi) is 5.16. The molecule has 1 unspecified atom stereocenters. The van der Waals surface area contributed by atoms with Crippen LogP contribution in [-0.2, 0) is 25.7 Å². The molecular formula is C18H24N2O4. The highest BCUT2D eigenvalue weighted by atomic mass is 16.5. The lowest BCUT2D eigenvalue weighted by molar-refractivity contribution is -0.157. The molecule has 2 fully saturated rings. The number of amides is 1. The number of rotatable bonds is 5. The molecule has 0 aromatic heterocycles. The summed E-state index contributed by atoms with van der Waals surface area (Å²) in [7, 11) is 0. The first-order valence-corrected chi connectivity index (χ1v) is 8.40. The van der Waals surface area contributed by atoms with Gasteiger partial charge in [-0.25, -0.2) is 4.79 Å². The number of hydrogen-bond acceptors (Lipinski definition) is 5. The molecule has 0 N–H and O–H groups in total. The van der Waals surface area contributed by atoms with E-state index >= 15 is 0 Å². The molecule has 1 amide bonds. The van der Waals surface area contributed by atoms with Crippen molar-refractivity contribution < 1.29 is 19.1 Å². The molecule has 24 heavy (non-hydrogen) atoms. The fourth-order valence-corrected chi connectivity index (χ4v) is 3.29. The van der Waals surface area contributed by atoms with Crippen molar-refractivity contribution in [3.63, 3.8) is 0 Å². The van der Waals surface area contributed by atoms with Gasteiger partial charge in [0.15, 0.2) is 0 Å². The van der Waals surface area contributed by atoms with E-state index in [1.165, 1.54) is 0 Å². The number of carbonyl (C=O) groups excluding carboxylic acids is 2. The Balaban J connectivity index is 1.68. The number of nitrogens with zero attached hydrogens (tertiary/aromatic N) is 2. The lowest BCUT2D eigenvalue weighted by Crippen LogP contribution is -2.48. The van der Waals surface area contributed by atoms with Crippen LogP contribution in [0.4, 0.5) is 0 Å². The van der Waals surface area contributed by atoms with Crippen LogP contribution in [0.15, 0.2) is 30.3 Å². The van der Waals surface area contributed by atoms with Gasteiger partial charge < -0.3 is 14.4 Å². The molecule has 3 rings (SSSR count).